The Morgan fingerprint density at radius 3 is 2.71 bits per heavy atom. The van der Waals surface area contributed by atoms with Crippen molar-refractivity contribution in [3.63, 3.8) is 0 Å². The van der Waals surface area contributed by atoms with Gasteiger partial charge in [-0.25, -0.2) is 0 Å². The van der Waals surface area contributed by atoms with Gasteiger partial charge >= 0.3 is 0 Å². The molecule has 1 aromatic carbocycles. The van der Waals surface area contributed by atoms with E-state index >= 15 is 0 Å². The lowest BCUT2D eigenvalue weighted by Gasteiger charge is -2.19. The average Bonchev–Trinajstić information content (AvgIpc) is 2.30. The summed E-state index contributed by atoms with van der Waals surface area (Å²) in [6, 6.07) is 9.94. The van der Waals surface area contributed by atoms with Gasteiger partial charge in [-0.3, -0.25) is 0 Å². The van der Waals surface area contributed by atoms with Crippen LogP contribution in [-0.4, -0.2) is 49.4 Å². The molecule has 0 bridgehead atoms. The van der Waals surface area contributed by atoms with E-state index in [1.807, 2.05) is 42.3 Å². The minimum absolute atomic E-state index is 0.351. The summed E-state index contributed by atoms with van der Waals surface area (Å²) < 4.78 is 5.45. The van der Waals surface area contributed by atoms with Crippen LogP contribution in [0.1, 0.15) is 5.56 Å². The summed E-state index contributed by atoms with van der Waals surface area (Å²) in [4.78, 5) is 2.00. The molecule has 4 nitrogen and oxygen atoms in total. The number of aliphatic hydroxyl groups excluding tert-OH is 1. The van der Waals surface area contributed by atoms with Crippen LogP contribution in [0.2, 0.25) is 0 Å². The van der Waals surface area contributed by atoms with Crippen molar-refractivity contribution in [2.75, 3.05) is 33.3 Å². The summed E-state index contributed by atoms with van der Waals surface area (Å²) >= 11 is 0. The van der Waals surface area contributed by atoms with E-state index < -0.39 is 6.10 Å². The number of nitrogens with zero attached hydrogens (tertiary/aromatic N) is 1. The standard InChI is InChI=1S/C13H22N2O2/c1-15(8-7-14)9-13(16)11-17-10-12-5-3-2-4-6-12/h2-6,13,16H,7-11,14H2,1H3. The molecule has 0 heterocycles. The van der Waals surface area contributed by atoms with Crippen molar-refractivity contribution in [1.29, 1.82) is 0 Å². The summed E-state index contributed by atoms with van der Waals surface area (Å²) in [6.07, 6.45) is -0.463. The maximum absolute atomic E-state index is 9.72. The summed E-state index contributed by atoms with van der Waals surface area (Å²) in [5, 5.41) is 9.72. The van der Waals surface area contributed by atoms with Gasteiger partial charge in [-0.15, -0.1) is 0 Å². The molecule has 0 saturated carbocycles. The molecular formula is C13H22N2O2. The normalized spacial score (nSPS) is 12.9. The molecule has 3 N–H and O–H groups in total. The van der Waals surface area contributed by atoms with Crippen molar-refractivity contribution in [2.24, 2.45) is 5.73 Å². The molecule has 0 spiro atoms. The van der Waals surface area contributed by atoms with Gasteiger partial charge in [0.15, 0.2) is 0 Å². The van der Waals surface area contributed by atoms with E-state index in [1.165, 1.54) is 0 Å². The Balaban J connectivity index is 2.14. The van der Waals surface area contributed by atoms with E-state index in [0.29, 0.717) is 26.3 Å². The van der Waals surface area contributed by atoms with Gasteiger partial charge in [-0.05, 0) is 12.6 Å². The Labute approximate surface area is 103 Å². The molecule has 0 fully saturated rings. The van der Waals surface area contributed by atoms with Gasteiger partial charge in [0.2, 0.25) is 0 Å². The predicted octanol–water partition coefficient (Wildman–Crippen LogP) is 0.455. The number of aliphatic hydroxyl groups is 1. The Kier molecular flexibility index (Phi) is 6.81. The van der Waals surface area contributed by atoms with Crippen molar-refractivity contribution in [1.82, 2.24) is 4.90 Å². The number of hydrogen-bond acceptors (Lipinski definition) is 4. The van der Waals surface area contributed by atoms with Crippen LogP contribution in [0.5, 0.6) is 0 Å². The molecule has 0 aliphatic carbocycles. The SMILES string of the molecule is CN(CCN)CC(O)COCc1ccccc1. The smallest absolute Gasteiger partial charge is 0.0900 e. The highest BCUT2D eigenvalue weighted by molar-refractivity contribution is 5.13. The predicted molar refractivity (Wildman–Crippen MR) is 68.7 cm³/mol. The first kappa shape index (κ1) is 14.1. The first-order chi connectivity index (χ1) is 8.22. The zero-order chi connectivity index (χ0) is 12.5. The highest BCUT2D eigenvalue weighted by Crippen LogP contribution is 2.01. The maximum Gasteiger partial charge on any atom is 0.0900 e. The molecular weight excluding hydrogens is 216 g/mol. The second-order valence-electron chi connectivity index (χ2n) is 4.21. The summed E-state index contributed by atoms with van der Waals surface area (Å²) in [5.41, 5.74) is 6.55. The highest BCUT2D eigenvalue weighted by atomic mass is 16.5. The van der Waals surface area contributed by atoms with Crippen molar-refractivity contribution < 1.29 is 9.84 Å². The average molecular weight is 238 g/mol. The van der Waals surface area contributed by atoms with Gasteiger partial charge in [-0.1, -0.05) is 30.3 Å². The van der Waals surface area contributed by atoms with Crippen molar-refractivity contribution in [3.05, 3.63) is 35.9 Å². The highest BCUT2D eigenvalue weighted by Gasteiger charge is 2.07. The molecule has 1 unspecified atom stereocenters. The van der Waals surface area contributed by atoms with E-state index in [9.17, 15) is 5.11 Å². The Bertz CT molecular complexity index is 293. The molecule has 96 valence electrons. The molecule has 0 radical (unpaired) electrons. The number of likely N-dealkylation sites (N-methyl/N-ethyl adjacent to an activating group) is 1. The molecule has 4 heteroatoms. The third-order valence-corrected chi connectivity index (χ3v) is 2.46. The lowest BCUT2D eigenvalue weighted by Crippen LogP contribution is -2.35. The first-order valence-corrected chi connectivity index (χ1v) is 5.90. The van der Waals surface area contributed by atoms with Crippen LogP contribution in [0.15, 0.2) is 30.3 Å². The van der Waals surface area contributed by atoms with Crippen LogP contribution in [0.4, 0.5) is 0 Å². The largest absolute Gasteiger partial charge is 0.389 e. The van der Waals surface area contributed by atoms with Crippen LogP contribution in [0, 0.1) is 0 Å². The molecule has 0 aliphatic heterocycles. The molecule has 0 amide bonds. The van der Waals surface area contributed by atoms with Crippen molar-refractivity contribution >= 4 is 0 Å². The maximum atomic E-state index is 9.72. The Hall–Kier alpha value is -0.940. The zero-order valence-electron chi connectivity index (χ0n) is 10.4. The van der Waals surface area contributed by atoms with Gasteiger partial charge in [0, 0.05) is 19.6 Å². The molecule has 1 atom stereocenters. The van der Waals surface area contributed by atoms with Gasteiger partial charge in [0.1, 0.15) is 0 Å². The van der Waals surface area contributed by atoms with E-state index in [4.69, 9.17) is 10.5 Å². The third-order valence-electron chi connectivity index (χ3n) is 2.46. The van der Waals surface area contributed by atoms with Crippen LogP contribution in [0.3, 0.4) is 0 Å². The molecule has 1 aromatic rings. The number of benzene rings is 1. The number of hydrogen-bond donors (Lipinski definition) is 2. The monoisotopic (exact) mass is 238 g/mol. The topological polar surface area (TPSA) is 58.7 Å². The van der Waals surface area contributed by atoms with Crippen LogP contribution >= 0.6 is 0 Å². The van der Waals surface area contributed by atoms with Crippen LogP contribution < -0.4 is 5.73 Å². The Morgan fingerprint density at radius 2 is 2.06 bits per heavy atom. The Morgan fingerprint density at radius 1 is 1.35 bits per heavy atom. The quantitative estimate of drug-likeness (QED) is 0.690. The minimum Gasteiger partial charge on any atom is -0.389 e. The van der Waals surface area contributed by atoms with Gasteiger partial charge in [0.25, 0.3) is 0 Å². The summed E-state index contributed by atoms with van der Waals surface area (Å²) in [5.74, 6) is 0. The lowest BCUT2D eigenvalue weighted by molar-refractivity contribution is 0.0141. The fourth-order valence-corrected chi connectivity index (χ4v) is 1.61. The van der Waals surface area contributed by atoms with E-state index in [0.717, 1.165) is 12.1 Å². The van der Waals surface area contributed by atoms with E-state index in [2.05, 4.69) is 0 Å². The second-order valence-corrected chi connectivity index (χ2v) is 4.21. The number of ether oxygens (including phenoxy) is 1. The van der Waals surface area contributed by atoms with Crippen molar-refractivity contribution in [3.8, 4) is 0 Å². The fraction of sp³-hybridized carbons (Fsp3) is 0.538. The molecule has 0 aromatic heterocycles. The lowest BCUT2D eigenvalue weighted by atomic mass is 10.2. The zero-order valence-corrected chi connectivity index (χ0v) is 10.4. The first-order valence-electron chi connectivity index (χ1n) is 5.90. The van der Waals surface area contributed by atoms with Crippen LogP contribution in [-0.2, 0) is 11.3 Å². The molecule has 0 aliphatic rings. The van der Waals surface area contributed by atoms with Crippen LogP contribution in [0.25, 0.3) is 0 Å². The fourth-order valence-electron chi connectivity index (χ4n) is 1.61. The van der Waals surface area contributed by atoms with Crippen molar-refractivity contribution in [2.45, 2.75) is 12.7 Å². The van der Waals surface area contributed by atoms with E-state index in [-0.39, 0.29) is 0 Å². The summed E-state index contributed by atoms with van der Waals surface area (Å²) in [7, 11) is 1.94. The van der Waals surface area contributed by atoms with Gasteiger partial charge in [0.05, 0.1) is 19.3 Å². The van der Waals surface area contributed by atoms with E-state index in [1.54, 1.807) is 0 Å². The van der Waals surface area contributed by atoms with Gasteiger partial charge < -0.3 is 20.5 Å². The molecule has 17 heavy (non-hydrogen) atoms. The number of rotatable bonds is 8. The second kappa shape index (κ2) is 8.20. The summed E-state index contributed by atoms with van der Waals surface area (Å²) in [6.45, 7) is 2.87. The minimum atomic E-state index is -0.463. The third kappa shape index (κ3) is 6.38. The molecule has 1 rings (SSSR count). The molecule has 0 saturated heterocycles. The van der Waals surface area contributed by atoms with Gasteiger partial charge in [-0.2, -0.15) is 0 Å². The number of nitrogens with two attached hydrogens (primary N) is 1.